The zero-order valence-corrected chi connectivity index (χ0v) is 23.4. The molecule has 0 bridgehead atoms. The number of aromatic nitrogens is 2. The molecule has 2 heterocycles. The Morgan fingerprint density at radius 2 is 1.63 bits per heavy atom. The van der Waals surface area contributed by atoms with Crippen molar-refractivity contribution in [1.29, 1.82) is 0 Å². The molecule has 1 aliphatic rings. The van der Waals surface area contributed by atoms with Gasteiger partial charge in [-0.15, -0.1) is 0 Å². The van der Waals surface area contributed by atoms with Crippen LogP contribution in [0.5, 0.6) is 0 Å². The van der Waals surface area contributed by atoms with E-state index in [4.69, 9.17) is 5.73 Å². The van der Waals surface area contributed by atoms with Gasteiger partial charge in [0.15, 0.2) is 5.82 Å². The molecule has 0 aliphatic carbocycles. The number of likely N-dealkylation sites (tertiary alicyclic amines) is 1. The van der Waals surface area contributed by atoms with Crippen molar-refractivity contribution in [1.82, 2.24) is 19.8 Å². The second-order valence-corrected chi connectivity index (χ2v) is 11.2. The average Bonchev–Trinajstić information content (AvgIpc) is 3.66. The largest absolute Gasteiger partial charge is 0.342 e. The average molecular weight is 553 g/mol. The van der Waals surface area contributed by atoms with Crippen LogP contribution in [-0.2, 0) is 20.8 Å². The van der Waals surface area contributed by atoms with Gasteiger partial charge in [0.2, 0.25) is 17.7 Å². The molecule has 1 saturated heterocycles. The van der Waals surface area contributed by atoms with Gasteiger partial charge in [-0.05, 0) is 48.6 Å². The molecule has 212 valence electrons. The number of nitrogens with one attached hydrogen (secondary N) is 2. The molecule has 9 heteroatoms. The third-order valence-corrected chi connectivity index (χ3v) is 7.38. The Balaban J connectivity index is 1.38. The number of hydrogen-bond donors (Lipinski definition) is 3. The molecule has 41 heavy (non-hydrogen) atoms. The number of anilines is 1. The van der Waals surface area contributed by atoms with Gasteiger partial charge < -0.3 is 25.8 Å². The topological polar surface area (TPSA) is 122 Å². The smallest absolute Gasteiger partial charge is 0.250 e. The van der Waals surface area contributed by atoms with Crippen LogP contribution in [0.4, 0.5) is 5.82 Å². The van der Waals surface area contributed by atoms with Crippen LogP contribution in [0.25, 0.3) is 10.8 Å². The third-order valence-electron chi connectivity index (χ3n) is 7.38. The van der Waals surface area contributed by atoms with Gasteiger partial charge in [-0.2, -0.15) is 0 Å². The van der Waals surface area contributed by atoms with Crippen LogP contribution in [0.3, 0.4) is 0 Å². The van der Waals surface area contributed by atoms with Crippen molar-refractivity contribution in [3.8, 4) is 0 Å². The lowest BCUT2D eigenvalue weighted by molar-refractivity contribution is -0.132. The molecule has 0 spiro atoms. The van der Waals surface area contributed by atoms with E-state index in [0.29, 0.717) is 0 Å². The predicted octanol–water partition coefficient (Wildman–Crippen LogP) is 3.65. The number of rotatable bonds is 9. The molecule has 4 N–H and O–H groups in total. The molecule has 4 aromatic rings. The summed E-state index contributed by atoms with van der Waals surface area (Å²) in [7, 11) is 0. The van der Waals surface area contributed by atoms with Crippen molar-refractivity contribution in [3.05, 3.63) is 96.4 Å². The molecule has 3 amide bonds. The van der Waals surface area contributed by atoms with Crippen LogP contribution < -0.4 is 16.4 Å². The standard InChI is InChI=1S/C32H36N6O3/c1-32(2,33)31(41)35-26(19-22-14-15-23-10-6-7-13-25(23)18-22)29(39)36-27-20-38(21-34-27)28(24-11-4-3-5-12-24)30(40)37-16-8-9-17-37/h3-7,10-15,18,20-21,26,28H,8-9,16-17,19,33H2,1-2H3,(H,35,41)(H,36,39). The summed E-state index contributed by atoms with van der Waals surface area (Å²) in [5.41, 5.74) is 6.59. The van der Waals surface area contributed by atoms with Crippen LogP contribution >= 0.6 is 0 Å². The van der Waals surface area contributed by atoms with Gasteiger partial charge in [0.25, 0.3) is 0 Å². The highest BCUT2D eigenvalue weighted by molar-refractivity contribution is 5.98. The van der Waals surface area contributed by atoms with Gasteiger partial charge in [-0.3, -0.25) is 14.4 Å². The molecule has 5 rings (SSSR count). The SMILES string of the molecule is CC(C)(N)C(=O)NC(Cc1ccc2ccccc2c1)C(=O)Nc1cn(C(C(=O)N2CCCC2)c2ccccc2)cn1. The molecule has 1 aliphatic heterocycles. The number of nitrogens with two attached hydrogens (primary N) is 1. The van der Waals surface area contributed by atoms with Crippen molar-refractivity contribution in [2.75, 3.05) is 18.4 Å². The third kappa shape index (κ3) is 6.63. The Labute approximate surface area is 239 Å². The molecule has 0 radical (unpaired) electrons. The maximum absolute atomic E-state index is 13.5. The van der Waals surface area contributed by atoms with Crippen molar-refractivity contribution >= 4 is 34.3 Å². The Hall–Kier alpha value is -4.50. The highest BCUT2D eigenvalue weighted by Gasteiger charge is 2.31. The lowest BCUT2D eigenvalue weighted by atomic mass is 9.99. The fourth-order valence-electron chi connectivity index (χ4n) is 5.10. The summed E-state index contributed by atoms with van der Waals surface area (Å²) in [5.74, 6) is -0.585. The fraction of sp³-hybridized carbons (Fsp3) is 0.312. The van der Waals surface area contributed by atoms with E-state index in [2.05, 4.69) is 15.6 Å². The van der Waals surface area contributed by atoms with E-state index in [-0.39, 0.29) is 18.1 Å². The zero-order chi connectivity index (χ0) is 29.0. The van der Waals surface area contributed by atoms with E-state index in [1.54, 1.807) is 30.9 Å². The van der Waals surface area contributed by atoms with Crippen molar-refractivity contribution in [3.63, 3.8) is 0 Å². The summed E-state index contributed by atoms with van der Waals surface area (Å²) in [4.78, 5) is 46.1. The monoisotopic (exact) mass is 552 g/mol. The molecule has 2 unspecified atom stereocenters. The van der Waals surface area contributed by atoms with Gasteiger partial charge in [0.05, 0.1) is 11.9 Å². The first-order valence-electron chi connectivity index (χ1n) is 13.9. The number of fused-ring (bicyclic) bond motifs is 1. The lowest BCUT2D eigenvalue weighted by Crippen LogP contribution is -2.55. The normalized spacial score (nSPS) is 15.0. The lowest BCUT2D eigenvalue weighted by Gasteiger charge is -2.24. The summed E-state index contributed by atoms with van der Waals surface area (Å²) in [6.45, 7) is 4.65. The number of carbonyl (C=O) groups is 3. The van der Waals surface area contributed by atoms with Crippen LogP contribution in [0.2, 0.25) is 0 Å². The zero-order valence-electron chi connectivity index (χ0n) is 23.4. The molecule has 2 atom stereocenters. The number of hydrogen-bond acceptors (Lipinski definition) is 5. The summed E-state index contributed by atoms with van der Waals surface area (Å²) < 4.78 is 1.73. The maximum atomic E-state index is 13.5. The van der Waals surface area contributed by atoms with E-state index in [1.807, 2.05) is 77.7 Å². The van der Waals surface area contributed by atoms with Crippen molar-refractivity contribution < 1.29 is 14.4 Å². The Bertz CT molecular complexity index is 1540. The molecule has 0 saturated carbocycles. The van der Waals surface area contributed by atoms with Crippen molar-refractivity contribution in [2.24, 2.45) is 5.73 Å². The minimum absolute atomic E-state index is 0.00408. The second kappa shape index (κ2) is 11.9. The first kappa shape index (κ1) is 28.0. The second-order valence-electron chi connectivity index (χ2n) is 11.2. The Morgan fingerprint density at radius 3 is 2.34 bits per heavy atom. The number of benzene rings is 3. The maximum Gasteiger partial charge on any atom is 0.250 e. The van der Waals surface area contributed by atoms with E-state index in [1.165, 1.54) is 0 Å². The fourth-order valence-corrected chi connectivity index (χ4v) is 5.10. The number of amides is 3. The summed E-state index contributed by atoms with van der Waals surface area (Å²) in [6.07, 6.45) is 5.45. The summed E-state index contributed by atoms with van der Waals surface area (Å²) >= 11 is 0. The Kier molecular flexibility index (Phi) is 8.16. The number of carbonyl (C=O) groups excluding carboxylic acids is 3. The molecule has 1 fully saturated rings. The van der Waals surface area contributed by atoms with E-state index < -0.39 is 29.4 Å². The minimum Gasteiger partial charge on any atom is -0.342 e. The highest BCUT2D eigenvalue weighted by atomic mass is 16.2. The number of imidazole rings is 1. The van der Waals surface area contributed by atoms with Gasteiger partial charge in [0, 0.05) is 25.7 Å². The molecular weight excluding hydrogens is 516 g/mol. The van der Waals surface area contributed by atoms with Crippen LogP contribution in [0, 0.1) is 0 Å². The van der Waals surface area contributed by atoms with Crippen molar-refractivity contribution in [2.45, 2.75) is 50.7 Å². The predicted molar refractivity (Wildman–Crippen MR) is 159 cm³/mol. The van der Waals surface area contributed by atoms with E-state index in [0.717, 1.165) is 47.8 Å². The minimum atomic E-state index is -1.16. The summed E-state index contributed by atoms with van der Waals surface area (Å²) in [6, 6.07) is 22.0. The van der Waals surface area contributed by atoms with Crippen LogP contribution in [0.1, 0.15) is 43.9 Å². The Morgan fingerprint density at radius 1 is 0.951 bits per heavy atom. The van der Waals surface area contributed by atoms with Gasteiger partial charge in [-0.1, -0.05) is 72.8 Å². The first-order chi connectivity index (χ1) is 19.7. The van der Waals surface area contributed by atoms with Gasteiger partial charge >= 0.3 is 0 Å². The van der Waals surface area contributed by atoms with Crippen LogP contribution in [0.15, 0.2) is 85.3 Å². The molecule has 1 aromatic heterocycles. The first-order valence-corrected chi connectivity index (χ1v) is 13.9. The molecular formula is C32H36N6O3. The quantitative estimate of drug-likeness (QED) is 0.293. The number of nitrogens with zero attached hydrogens (tertiary/aromatic N) is 3. The molecule has 9 nitrogen and oxygen atoms in total. The molecule has 3 aromatic carbocycles. The van der Waals surface area contributed by atoms with Crippen LogP contribution in [-0.4, -0.2) is 56.8 Å². The van der Waals surface area contributed by atoms with Gasteiger partial charge in [-0.25, -0.2) is 4.98 Å². The highest BCUT2D eigenvalue weighted by Crippen LogP contribution is 2.25. The van der Waals surface area contributed by atoms with E-state index >= 15 is 0 Å². The van der Waals surface area contributed by atoms with Gasteiger partial charge in [0.1, 0.15) is 12.1 Å². The van der Waals surface area contributed by atoms with E-state index in [9.17, 15) is 14.4 Å². The summed E-state index contributed by atoms with van der Waals surface area (Å²) in [5, 5.41) is 7.79.